The predicted octanol–water partition coefficient (Wildman–Crippen LogP) is 4.26. The fraction of sp³-hybridized carbons (Fsp3) is 0.182. The molecule has 7 nitrogen and oxygen atoms in total. The van der Waals surface area contributed by atoms with E-state index in [9.17, 15) is 22.8 Å². The van der Waals surface area contributed by atoms with Gasteiger partial charge in [0.25, 0.3) is 11.8 Å². The summed E-state index contributed by atoms with van der Waals surface area (Å²) in [6.07, 6.45) is 0.259. The second kappa shape index (κ2) is 8.00. The maximum atomic E-state index is 13.1. The number of halogens is 3. The Morgan fingerprint density at radius 3 is 2.82 bits per heavy atom. The van der Waals surface area contributed by atoms with Gasteiger partial charge in [-0.15, -0.1) is 11.3 Å². The number of nitrogens with one attached hydrogen (secondary N) is 1. The molecule has 5 rings (SSSR count). The Hall–Kier alpha value is -3.73. The number of alkyl halides is 3. The number of anilines is 1. The normalized spacial score (nSPS) is 13.7. The molecule has 1 N–H and O–H groups in total. The molecular weight excluding hydrogens is 455 g/mol. The maximum Gasteiger partial charge on any atom is 0.416 e. The Kier molecular flexibility index (Phi) is 5.12. The standard InChI is InChI=1S/C22H16F3N5O2S/c23-22(24,25)13-4-6-26-18(9-13)28-20(31)15-12-33-17-11-29(8-5-14(15)17)21(32)16-10-27-19-3-1-2-7-30(16)19/h1-4,6-7,9-10,12H,5,8,11H2,(H,26,28,31). The fourth-order valence-electron chi connectivity index (χ4n) is 3.80. The molecule has 0 saturated carbocycles. The molecule has 11 heteroatoms. The van der Waals surface area contributed by atoms with Crippen molar-refractivity contribution in [2.45, 2.75) is 19.1 Å². The lowest BCUT2D eigenvalue weighted by Crippen LogP contribution is -2.36. The number of amides is 2. The van der Waals surface area contributed by atoms with Crippen molar-refractivity contribution < 1.29 is 22.8 Å². The first-order valence-corrected chi connectivity index (χ1v) is 10.8. The molecule has 0 spiro atoms. The molecule has 4 aromatic heterocycles. The minimum atomic E-state index is -4.53. The van der Waals surface area contributed by atoms with Crippen LogP contribution in [0.5, 0.6) is 0 Å². The number of hydrogen-bond acceptors (Lipinski definition) is 5. The number of rotatable bonds is 3. The van der Waals surface area contributed by atoms with Crippen molar-refractivity contribution >= 4 is 34.6 Å². The van der Waals surface area contributed by atoms with Gasteiger partial charge in [-0.2, -0.15) is 13.2 Å². The number of carbonyl (C=O) groups excluding carboxylic acids is 2. The van der Waals surface area contributed by atoms with Crippen LogP contribution < -0.4 is 5.32 Å². The molecule has 0 bridgehead atoms. The van der Waals surface area contributed by atoms with Crippen LogP contribution in [0.3, 0.4) is 0 Å². The summed E-state index contributed by atoms with van der Waals surface area (Å²) in [7, 11) is 0. The van der Waals surface area contributed by atoms with E-state index in [1.165, 1.54) is 11.3 Å². The third kappa shape index (κ3) is 3.95. The topological polar surface area (TPSA) is 79.6 Å². The molecule has 1 aliphatic rings. The van der Waals surface area contributed by atoms with Crippen LogP contribution in [0.25, 0.3) is 5.65 Å². The van der Waals surface area contributed by atoms with Crippen LogP contribution in [0.2, 0.25) is 0 Å². The third-order valence-electron chi connectivity index (χ3n) is 5.44. The molecule has 0 radical (unpaired) electrons. The average molecular weight is 471 g/mol. The lowest BCUT2D eigenvalue weighted by molar-refractivity contribution is -0.137. The van der Waals surface area contributed by atoms with Crippen molar-refractivity contribution in [2.75, 3.05) is 11.9 Å². The van der Waals surface area contributed by atoms with Gasteiger partial charge in [-0.25, -0.2) is 9.97 Å². The minimum absolute atomic E-state index is 0.160. The molecule has 0 unspecified atom stereocenters. The van der Waals surface area contributed by atoms with Crippen LogP contribution in [0.4, 0.5) is 19.0 Å². The average Bonchev–Trinajstić information content (AvgIpc) is 3.42. The monoisotopic (exact) mass is 471 g/mol. The highest BCUT2D eigenvalue weighted by molar-refractivity contribution is 7.10. The van der Waals surface area contributed by atoms with Crippen LogP contribution in [0.1, 0.15) is 36.9 Å². The highest BCUT2D eigenvalue weighted by Crippen LogP contribution is 2.32. The zero-order chi connectivity index (χ0) is 23.2. The van der Waals surface area contributed by atoms with Gasteiger partial charge >= 0.3 is 6.18 Å². The summed E-state index contributed by atoms with van der Waals surface area (Å²) in [5, 5.41) is 4.11. The Morgan fingerprint density at radius 2 is 2.00 bits per heavy atom. The number of pyridine rings is 2. The molecule has 0 fully saturated rings. The van der Waals surface area contributed by atoms with E-state index in [1.54, 1.807) is 27.1 Å². The number of nitrogens with zero attached hydrogens (tertiary/aromatic N) is 4. The van der Waals surface area contributed by atoms with E-state index in [0.717, 1.165) is 28.8 Å². The Bertz CT molecular complexity index is 1380. The van der Waals surface area contributed by atoms with E-state index in [-0.39, 0.29) is 11.7 Å². The molecule has 0 aliphatic carbocycles. The highest BCUT2D eigenvalue weighted by atomic mass is 32.1. The molecule has 4 aromatic rings. The quantitative estimate of drug-likeness (QED) is 0.484. The Morgan fingerprint density at radius 1 is 1.15 bits per heavy atom. The smallest absolute Gasteiger partial charge is 0.332 e. The summed E-state index contributed by atoms with van der Waals surface area (Å²) in [6.45, 7) is 0.749. The van der Waals surface area contributed by atoms with E-state index in [4.69, 9.17) is 0 Å². The van der Waals surface area contributed by atoms with E-state index >= 15 is 0 Å². The number of aromatic nitrogens is 3. The van der Waals surface area contributed by atoms with Gasteiger partial charge in [0.05, 0.1) is 23.9 Å². The van der Waals surface area contributed by atoms with Crippen LogP contribution in [0.15, 0.2) is 54.3 Å². The van der Waals surface area contributed by atoms with Crippen molar-refractivity contribution in [3.05, 3.63) is 81.6 Å². The second-order valence-electron chi connectivity index (χ2n) is 7.48. The molecule has 1 aliphatic heterocycles. The number of fused-ring (bicyclic) bond motifs is 2. The second-order valence-corrected chi connectivity index (χ2v) is 8.45. The van der Waals surface area contributed by atoms with Gasteiger partial charge in [0.1, 0.15) is 17.2 Å². The molecule has 0 saturated heterocycles. The third-order valence-corrected chi connectivity index (χ3v) is 6.46. The minimum Gasteiger partial charge on any atom is -0.332 e. The van der Waals surface area contributed by atoms with Crippen molar-refractivity contribution in [3.63, 3.8) is 0 Å². The van der Waals surface area contributed by atoms with E-state index in [0.29, 0.717) is 36.4 Å². The summed E-state index contributed by atoms with van der Waals surface area (Å²) < 4.78 is 40.5. The molecule has 33 heavy (non-hydrogen) atoms. The summed E-state index contributed by atoms with van der Waals surface area (Å²) in [6, 6.07) is 7.12. The molecule has 0 atom stereocenters. The van der Waals surface area contributed by atoms with Crippen LogP contribution >= 0.6 is 11.3 Å². The van der Waals surface area contributed by atoms with Crippen LogP contribution in [-0.4, -0.2) is 37.6 Å². The van der Waals surface area contributed by atoms with Crippen molar-refractivity contribution in [2.24, 2.45) is 0 Å². The summed E-state index contributed by atoms with van der Waals surface area (Å²) >= 11 is 1.34. The lowest BCUT2D eigenvalue weighted by atomic mass is 10.0. The summed E-state index contributed by atoms with van der Waals surface area (Å²) in [4.78, 5) is 36.4. The lowest BCUT2D eigenvalue weighted by Gasteiger charge is -2.27. The van der Waals surface area contributed by atoms with Crippen LogP contribution in [0, 0.1) is 0 Å². The zero-order valence-electron chi connectivity index (χ0n) is 17.0. The molecular formula is C22H16F3N5O2S. The molecule has 0 aromatic carbocycles. The van der Waals surface area contributed by atoms with Crippen LogP contribution in [-0.2, 0) is 19.1 Å². The molecule has 2 amide bonds. The number of thiophene rings is 1. The maximum absolute atomic E-state index is 13.1. The number of carbonyl (C=O) groups is 2. The van der Waals surface area contributed by atoms with Crippen molar-refractivity contribution in [1.29, 1.82) is 0 Å². The largest absolute Gasteiger partial charge is 0.416 e. The van der Waals surface area contributed by atoms with Gasteiger partial charge in [0.2, 0.25) is 0 Å². The zero-order valence-corrected chi connectivity index (χ0v) is 17.8. The van der Waals surface area contributed by atoms with Crippen molar-refractivity contribution in [1.82, 2.24) is 19.3 Å². The SMILES string of the molecule is O=C(Nc1cc(C(F)(F)F)ccn1)c1csc2c1CCN(C(=O)c1cnc3ccccn13)C2. The number of hydrogen-bond donors (Lipinski definition) is 1. The fourth-order valence-corrected chi connectivity index (χ4v) is 4.90. The summed E-state index contributed by atoms with van der Waals surface area (Å²) in [5.74, 6) is -0.859. The first kappa shape index (κ1) is 21.1. The van der Waals surface area contributed by atoms with Crippen molar-refractivity contribution in [3.8, 4) is 0 Å². The van der Waals surface area contributed by atoms with Gasteiger partial charge in [0.15, 0.2) is 0 Å². The first-order valence-electron chi connectivity index (χ1n) is 9.96. The van der Waals surface area contributed by atoms with E-state index in [2.05, 4.69) is 15.3 Å². The van der Waals surface area contributed by atoms with Gasteiger partial charge in [-0.05, 0) is 36.2 Å². The Labute approximate surface area is 189 Å². The Balaban J connectivity index is 1.33. The highest BCUT2D eigenvalue weighted by Gasteiger charge is 2.31. The molecule has 168 valence electrons. The van der Waals surface area contributed by atoms with E-state index in [1.807, 2.05) is 18.2 Å². The molecule has 5 heterocycles. The van der Waals surface area contributed by atoms with Gasteiger partial charge < -0.3 is 10.2 Å². The summed E-state index contributed by atoms with van der Waals surface area (Å²) in [5.41, 5.74) is 1.43. The predicted molar refractivity (Wildman–Crippen MR) is 115 cm³/mol. The van der Waals surface area contributed by atoms with Gasteiger partial charge in [-0.1, -0.05) is 6.07 Å². The van der Waals surface area contributed by atoms with E-state index < -0.39 is 17.6 Å². The van der Waals surface area contributed by atoms with Gasteiger partial charge in [0, 0.05) is 29.2 Å². The number of imidazole rings is 1. The van der Waals surface area contributed by atoms with Gasteiger partial charge in [-0.3, -0.25) is 14.0 Å². The first-order chi connectivity index (χ1) is 15.8.